The van der Waals surface area contributed by atoms with Gasteiger partial charge in [0, 0.05) is 43.0 Å². The predicted octanol–water partition coefficient (Wildman–Crippen LogP) is 2.55. The molecule has 0 aliphatic carbocycles. The quantitative estimate of drug-likeness (QED) is 0.689. The van der Waals surface area contributed by atoms with E-state index in [0.29, 0.717) is 17.8 Å². The monoisotopic (exact) mass is 328 g/mol. The summed E-state index contributed by atoms with van der Waals surface area (Å²) in [5.74, 6) is 0. The van der Waals surface area contributed by atoms with Crippen LogP contribution in [0, 0.1) is 21.4 Å². The number of nitro groups is 1. The summed E-state index contributed by atoms with van der Waals surface area (Å²) in [6.45, 7) is 2.29. The normalized spacial score (nSPS) is 17.7. The molecule has 1 aliphatic rings. The maximum Gasteiger partial charge on any atom is 0.293 e. The van der Waals surface area contributed by atoms with Gasteiger partial charge in [0.1, 0.15) is 5.69 Å². The average Bonchev–Trinajstić information content (AvgIpc) is 3.08. The van der Waals surface area contributed by atoms with Crippen molar-refractivity contribution in [2.45, 2.75) is 12.5 Å². The lowest BCUT2D eigenvalue weighted by molar-refractivity contribution is -0.384. The van der Waals surface area contributed by atoms with Crippen LogP contribution in [0.25, 0.3) is 0 Å². The topological polar surface area (TPSA) is 82.2 Å². The summed E-state index contributed by atoms with van der Waals surface area (Å²) >= 11 is 1.70. The fourth-order valence-corrected chi connectivity index (χ4v) is 3.68. The average molecular weight is 328 g/mol. The van der Waals surface area contributed by atoms with Crippen molar-refractivity contribution in [2.24, 2.45) is 0 Å². The third-order valence-corrected chi connectivity index (χ3v) is 4.88. The summed E-state index contributed by atoms with van der Waals surface area (Å²) < 4.78 is 0. The third-order valence-electron chi connectivity index (χ3n) is 3.98. The zero-order chi connectivity index (χ0) is 16.2. The molecule has 2 heterocycles. The van der Waals surface area contributed by atoms with Crippen LogP contribution in [0.1, 0.15) is 10.4 Å². The summed E-state index contributed by atoms with van der Waals surface area (Å²) in [5.41, 5.74) is 0.907. The third kappa shape index (κ3) is 3.33. The number of hydrogen-bond donors (Lipinski definition) is 1. The van der Waals surface area contributed by atoms with Crippen molar-refractivity contribution in [2.75, 3.05) is 24.5 Å². The minimum Gasteiger partial charge on any atom is -0.360 e. The molecular formula is C16H16N4O2S. The maximum atomic E-state index is 11.4. The van der Waals surface area contributed by atoms with Gasteiger partial charge in [0.2, 0.25) is 0 Å². The first-order chi connectivity index (χ1) is 11.2. The Morgan fingerprint density at radius 3 is 3.04 bits per heavy atom. The van der Waals surface area contributed by atoms with Crippen molar-refractivity contribution in [1.82, 2.24) is 5.32 Å². The highest BCUT2D eigenvalue weighted by atomic mass is 32.1. The molecule has 1 aromatic carbocycles. The van der Waals surface area contributed by atoms with Crippen LogP contribution in [-0.2, 0) is 6.42 Å². The lowest BCUT2D eigenvalue weighted by Crippen LogP contribution is -2.52. The van der Waals surface area contributed by atoms with E-state index in [9.17, 15) is 10.1 Å². The van der Waals surface area contributed by atoms with Gasteiger partial charge in [-0.25, -0.2) is 0 Å². The van der Waals surface area contributed by atoms with E-state index >= 15 is 0 Å². The number of benzene rings is 1. The molecule has 1 N–H and O–H groups in total. The van der Waals surface area contributed by atoms with E-state index in [0.717, 1.165) is 19.5 Å². The van der Waals surface area contributed by atoms with Crippen molar-refractivity contribution < 1.29 is 4.92 Å². The molecule has 0 saturated carbocycles. The maximum absolute atomic E-state index is 11.4. The van der Waals surface area contributed by atoms with Crippen LogP contribution >= 0.6 is 11.3 Å². The number of hydrogen-bond acceptors (Lipinski definition) is 6. The molecule has 0 amide bonds. The van der Waals surface area contributed by atoms with E-state index in [4.69, 9.17) is 5.26 Å². The Hall–Kier alpha value is -2.43. The zero-order valence-corrected chi connectivity index (χ0v) is 13.3. The van der Waals surface area contributed by atoms with Gasteiger partial charge >= 0.3 is 0 Å². The Kier molecular flexibility index (Phi) is 4.55. The number of anilines is 1. The Balaban J connectivity index is 1.94. The van der Waals surface area contributed by atoms with Crippen LogP contribution in [0.2, 0.25) is 0 Å². The fourth-order valence-electron chi connectivity index (χ4n) is 2.90. The minimum absolute atomic E-state index is 0.00197. The van der Waals surface area contributed by atoms with Crippen LogP contribution in [0.5, 0.6) is 0 Å². The highest BCUT2D eigenvalue weighted by molar-refractivity contribution is 7.09. The molecule has 6 nitrogen and oxygen atoms in total. The SMILES string of the molecule is N#Cc1ccc(N2CCNCC2Cc2cccs2)c([N+](=O)[O-])c1. The molecule has 3 rings (SSSR count). The summed E-state index contributed by atoms with van der Waals surface area (Å²) in [4.78, 5) is 14.4. The summed E-state index contributed by atoms with van der Waals surface area (Å²) in [6, 6.07) is 10.9. The van der Waals surface area contributed by atoms with Crippen LogP contribution < -0.4 is 10.2 Å². The smallest absolute Gasteiger partial charge is 0.293 e. The second-order valence-corrected chi connectivity index (χ2v) is 6.44. The largest absolute Gasteiger partial charge is 0.360 e. The Morgan fingerprint density at radius 2 is 2.35 bits per heavy atom. The van der Waals surface area contributed by atoms with E-state index in [-0.39, 0.29) is 11.7 Å². The highest BCUT2D eigenvalue weighted by Gasteiger charge is 2.28. The van der Waals surface area contributed by atoms with Gasteiger partial charge in [0.15, 0.2) is 0 Å². The second kappa shape index (κ2) is 6.77. The van der Waals surface area contributed by atoms with Crippen molar-refractivity contribution in [1.29, 1.82) is 5.26 Å². The Labute approximate surface area is 138 Å². The summed E-state index contributed by atoms with van der Waals surface area (Å²) in [6.07, 6.45) is 0.849. The summed E-state index contributed by atoms with van der Waals surface area (Å²) in [5, 5.41) is 25.8. The van der Waals surface area contributed by atoms with Crippen molar-refractivity contribution >= 4 is 22.7 Å². The number of nitrogens with zero attached hydrogens (tertiary/aromatic N) is 3. The molecular weight excluding hydrogens is 312 g/mol. The number of nitro benzene ring substituents is 1. The van der Waals surface area contributed by atoms with Crippen LogP contribution in [0.3, 0.4) is 0 Å². The number of nitrogens with one attached hydrogen (secondary N) is 1. The molecule has 7 heteroatoms. The first-order valence-corrected chi connectivity index (χ1v) is 8.25. The van der Waals surface area contributed by atoms with Gasteiger partial charge in [-0.15, -0.1) is 11.3 Å². The predicted molar refractivity (Wildman–Crippen MR) is 89.8 cm³/mol. The van der Waals surface area contributed by atoms with E-state index in [1.807, 2.05) is 17.5 Å². The van der Waals surface area contributed by atoms with Crippen molar-refractivity contribution in [3.63, 3.8) is 0 Å². The molecule has 23 heavy (non-hydrogen) atoms. The molecule has 0 bridgehead atoms. The highest BCUT2D eigenvalue weighted by Crippen LogP contribution is 2.32. The van der Waals surface area contributed by atoms with E-state index < -0.39 is 4.92 Å². The first kappa shape index (κ1) is 15.5. The molecule has 1 unspecified atom stereocenters. The molecule has 2 aromatic rings. The molecule has 1 fully saturated rings. The molecule has 118 valence electrons. The molecule has 1 atom stereocenters. The van der Waals surface area contributed by atoms with E-state index in [1.54, 1.807) is 23.5 Å². The minimum atomic E-state index is -0.402. The van der Waals surface area contributed by atoms with Gasteiger partial charge in [-0.2, -0.15) is 5.26 Å². The van der Waals surface area contributed by atoms with Gasteiger partial charge in [-0.05, 0) is 23.6 Å². The van der Waals surface area contributed by atoms with E-state index in [2.05, 4.69) is 16.3 Å². The molecule has 1 aliphatic heterocycles. The number of thiophene rings is 1. The first-order valence-electron chi connectivity index (χ1n) is 7.37. The molecule has 1 aromatic heterocycles. The van der Waals surface area contributed by atoms with Gasteiger partial charge in [0.25, 0.3) is 5.69 Å². The second-order valence-electron chi connectivity index (χ2n) is 5.41. The van der Waals surface area contributed by atoms with Crippen LogP contribution in [0.15, 0.2) is 35.7 Å². The number of rotatable bonds is 4. The fraction of sp³-hybridized carbons (Fsp3) is 0.312. The van der Waals surface area contributed by atoms with Crippen LogP contribution in [0.4, 0.5) is 11.4 Å². The number of piperazine rings is 1. The standard InChI is InChI=1S/C16H16N4O2S/c17-10-12-3-4-15(16(8-12)20(21)22)19-6-5-18-11-13(19)9-14-2-1-7-23-14/h1-4,7-8,13,18H,5-6,9,11H2. The number of nitriles is 1. The van der Waals surface area contributed by atoms with Crippen molar-refractivity contribution in [3.8, 4) is 6.07 Å². The lowest BCUT2D eigenvalue weighted by atomic mass is 10.1. The van der Waals surface area contributed by atoms with Crippen molar-refractivity contribution in [3.05, 3.63) is 56.3 Å². The van der Waals surface area contributed by atoms with Crippen LogP contribution in [-0.4, -0.2) is 30.6 Å². The lowest BCUT2D eigenvalue weighted by Gasteiger charge is -2.37. The van der Waals surface area contributed by atoms with Gasteiger partial charge in [-0.3, -0.25) is 10.1 Å². The van der Waals surface area contributed by atoms with E-state index in [1.165, 1.54) is 10.9 Å². The van der Waals surface area contributed by atoms with Gasteiger partial charge in [0.05, 0.1) is 16.6 Å². The Morgan fingerprint density at radius 1 is 1.48 bits per heavy atom. The summed E-state index contributed by atoms with van der Waals surface area (Å²) in [7, 11) is 0. The molecule has 1 saturated heterocycles. The Bertz CT molecular complexity index is 739. The molecule has 0 radical (unpaired) electrons. The zero-order valence-electron chi connectivity index (χ0n) is 12.4. The van der Waals surface area contributed by atoms with Gasteiger partial charge in [-0.1, -0.05) is 6.07 Å². The molecule has 0 spiro atoms. The van der Waals surface area contributed by atoms with Gasteiger partial charge < -0.3 is 10.2 Å².